The predicted octanol–water partition coefficient (Wildman–Crippen LogP) is -2.82. The van der Waals surface area contributed by atoms with Crippen molar-refractivity contribution in [3.8, 4) is 11.5 Å². The van der Waals surface area contributed by atoms with Gasteiger partial charge in [0, 0.05) is 22.3 Å². The first-order valence-corrected chi connectivity index (χ1v) is 27.9. The summed E-state index contributed by atoms with van der Waals surface area (Å²) in [5.41, 5.74) is 0.527. The molecular formula is C48H36O30S6-12. The summed E-state index contributed by atoms with van der Waals surface area (Å²) in [5, 5.41) is 70.9. The molecule has 0 saturated heterocycles. The van der Waals surface area contributed by atoms with E-state index in [0.717, 1.165) is 36.4 Å². The fourth-order valence-electron chi connectivity index (χ4n) is 6.06. The number of carbonyl (C=O) groups is 6. The number of hydrogen-bond acceptors (Lipinski definition) is 32. The Labute approximate surface area is 488 Å². The van der Waals surface area contributed by atoms with Gasteiger partial charge >= 0.3 is 0 Å². The van der Waals surface area contributed by atoms with E-state index in [4.69, 9.17) is 0 Å². The number of carboxylic acid groups (broad SMARTS) is 6. The molecule has 0 spiro atoms. The molecule has 0 heterocycles. The highest BCUT2D eigenvalue weighted by molar-refractivity contribution is 7.86. The van der Waals surface area contributed by atoms with Gasteiger partial charge in [-0.3, -0.25) is 0 Å². The van der Waals surface area contributed by atoms with Crippen LogP contribution in [-0.2, 0) is 85.0 Å². The quantitative estimate of drug-likeness (QED) is 0.0408. The van der Waals surface area contributed by atoms with Crippen molar-refractivity contribution in [1.29, 1.82) is 0 Å². The molecule has 30 nitrogen and oxygen atoms in total. The van der Waals surface area contributed by atoms with Crippen molar-refractivity contribution in [3.05, 3.63) is 176 Å². The van der Waals surface area contributed by atoms with Crippen LogP contribution in [0.5, 0.6) is 11.5 Å². The maximum atomic E-state index is 10.7. The second-order valence-electron chi connectivity index (χ2n) is 15.9. The molecule has 0 N–H and O–H groups in total. The smallest absolute Gasteiger partial charge is 0.171 e. The number of rotatable bonds is 16. The summed E-state index contributed by atoms with van der Waals surface area (Å²) in [6.07, 6.45) is 0. The Balaban J connectivity index is 0.000000504. The summed E-state index contributed by atoms with van der Waals surface area (Å²) in [6.45, 7) is 9.23. The van der Waals surface area contributed by atoms with E-state index in [1.54, 1.807) is 33.8 Å². The van der Waals surface area contributed by atoms with Gasteiger partial charge in [-0.1, -0.05) is 54.1 Å². The van der Waals surface area contributed by atoms with Crippen molar-refractivity contribution in [2.75, 3.05) is 0 Å². The molecular weight excluding hydrogens is 1250 g/mol. The molecule has 6 rings (SSSR count). The molecule has 0 bridgehead atoms. The van der Waals surface area contributed by atoms with Crippen LogP contribution in [0.15, 0.2) is 129 Å². The van der Waals surface area contributed by atoms with E-state index in [-0.39, 0.29) is 33.6 Å². The van der Waals surface area contributed by atoms with Crippen LogP contribution in [0.25, 0.3) is 0 Å². The third-order valence-corrected chi connectivity index (χ3v) is 13.5. The van der Waals surface area contributed by atoms with Gasteiger partial charge in [-0.2, -0.15) is 0 Å². The Bertz CT molecular complexity index is 3850. The number of carboxylic acids is 6. The molecule has 0 saturated carbocycles. The highest BCUT2D eigenvalue weighted by Gasteiger charge is 2.14. The van der Waals surface area contributed by atoms with E-state index < -0.39 is 113 Å². The SMILES string of the molecule is Cc1cc(C(=O)[O-])ccc1OOO[S-].Cc1cc(OOO[S-])cc(C(=O)[O-])c1.Cc1ccc(C(=O)[O-])c(S(=O)(=O)[O-])c1.Cc1ccc(C(=O)[O-])cc1S(=O)(=O)[O-].Cc1ccc(S(=O)(=O)[O-])c(C(=O)[O-])c1.Cc1cccc(C(=O)[O-])c1S(=O)(=O)[O-]. The number of aryl methyl sites for hydroxylation is 6. The summed E-state index contributed by atoms with van der Waals surface area (Å²) in [6, 6.07) is 22.1. The van der Waals surface area contributed by atoms with Crippen molar-refractivity contribution < 1.29 is 140 Å². The second kappa shape index (κ2) is 32.7. The van der Waals surface area contributed by atoms with Gasteiger partial charge in [-0.15, -0.1) is 0 Å². The van der Waals surface area contributed by atoms with Crippen LogP contribution in [0, 0.1) is 41.5 Å². The molecule has 0 aromatic heterocycles. The van der Waals surface area contributed by atoms with E-state index in [0.29, 0.717) is 28.0 Å². The molecule has 6 aromatic carbocycles. The van der Waals surface area contributed by atoms with Crippen LogP contribution in [0.4, 0.5) is 0 Å². The lowest BCUT2D eigenvalue weighted by Crippen LogP contribution is -2.25. The van der Waals surface area contributed by atoms with Gasteiger partial charge in [0.25, 0.3) is 0 Å². The standard InChI is InChI=1S/6C8H8O5S/c1-5-2-6(8(9)10)4-7(3-5)11-12-13-14;1-5-4-6(8(9)10)2-3-7(5)11-12-13-14;1-5-2-3-6(8(9)10)4-7(5)14(11,12)13;1-5-2-3-7(14(11,12)13)6(4-5)8(9)10;1-5-2-3-6(8(9)10)7(4-5)14(11,12)13;1-5-3-2-4-6(8(9)10)7(5)14(11,12)13/h2*2-4,14H,1H3,(H,9,10);4*2-4H,1H3,(H,9,10)(H,11,12,13)/p-12. The van der Waals surface area contributed by atoms with Crippen LogP contribution in [-0.4, -0.2) is 87.7 Å². The second-order valence-corrected chi connectivity index (χ2v) is 21.6. The fraction of sp³-hybridized carbons (Fsp3) is 0.125. The Kier molecular flexibility index (Phi) is 28.8. The topological polar surface area (TPSA) is 525 Å². The molecule has 0 amide bonds. The Morgan fingerprint density at radius 2 is 0.845 bits per heavy atom. The third-order valence-electron chi connectivity index (χ3n) is 9.63. The summed E-state index contributed by atoms with van der Waals surface area (Å²) in [7, 11) is -18.9. The molecule has 0 fully saturated rings. The Morgan fingerprint density at radius 3 is 1.30 bits per heavy atom. The minimum absolute atomic E-state index is 0.00651. The Morgan fingerprint density at radius 1 is 0.369 bits per heavy atom. The molecule has 36 heteroatoms. The first-order chi connectivity index (χ1) is 38.6. The zero-order chi connectivity index (χ0) is 64.8. The molecule has 0 aliphatic heterocycles. The van der Waals surface area contributed by atoms with Gasteiger partial charge in [0.2, 0.25) is 0 Å². The lowest BCUT2D eigenvalue weighted by molar-refractivity contribution is -0.403. The number of carbonyl (C=O) groups excluding carboxylic acids is 6. The van der Waals surface area contributed by atoms with Crippen LogP contribution in [0.1, 0.15) is 95.5 Å². The van der Waals surface area contributed by atoms with Crippen LogP contribution in [0.2, 0.25) is 0 Å². The summed E-state index contributed by atoms with van der Waals surface area (Å²) < 4.78 is 136. The summed E-state index contributed by atoms with van der Waals surface area (Å²) in [5.74, 6) is -8.60. The van der Waals surface area contributed by atoms with E-state index in [1.807, 2.05) is 0 Å². The van der Waals surface area contributed by atoms with Gasteiger partial charge in [-0.25, -0.2) is 33.7 Å². The molecule has 0 radical (unpaired) electrons. The van der Waals surface area contributed by atoms with Crippen molar-refractivity contribution in [1.82, 2.24) is 0 Å². The maximum absolute atomic E-state index is 10.7. The first-order valence-electron chi connectivity index (χ1n) is 21.6. The minimum atomic E-state index is -4.78. The van der Waals surface area contributed by atoms with Gasteiger partial charge < -0.3 is 122 Å². The molecule has 6 aromatic rings. The number of hydrogen-bond donors (Lipinski definition) is 0. The maximum Gasteiger partial charge on any atom is 0.171 e. The predicted molar refractivity (Wildman–Crippen MR) is 265 cm³/mol. The number of benzene rings is 6. The molecule has 84 heavy (non-hydrogen) atoms. The van der Waals surface area contributed by atoms with Gasteiger partial charge in [0.1, 0.15) is 40.5 Å². The zero-order valence-corrected chi connectivity index (χ0v) is 48.0. The van der Waals surface area contributed by atoms with Crippen LogP contribution in [0.3, 0.4) is 0 Å². The zero-order valence-electron chi connectivity index (χ0n) is 43.1. The highest BCUT2D eigenvalue weighted by Crippen LogP contribution is 2.22. The van der Waals surface area contributed by atoms with Crippen molar-refractivity contribution in [3.63, 3.8) is 0 Å². The van der Waals surface area contributed by atoms with Crippen molar-refractivity contribution >= 4 is 102 Å². The Hall–Kier alpha value is -8.08. The lowest BCUT2D eigenvalue weighted by atomic mass is 10.1. The largest absolute Gasteiger partial charge is 0.744 e. The monoisotopic (exact) mass is 1280 g/mol. The van der Waals surface area contributed by atoms with E-state index in [1.165, 1.54) is 80.6 Å². The molecule has 0 aliphatic rings. The molecule has 0 aliphatic carbocycles. The highest BCUT2D eigenvalue weighted by atomic mass is 32.2. The normalized spacial score (nSPS) is 10.8. The fourth-order valence-corrected chi connectivity index (χ4v) is 9.12. The van der Waals surface area contributed by atoms with Crippen LogP contribution < -0.4 is 40.4 Å². The van der Waals surface area contributed by atoms with Gasteiger partial charge in [-0.05, 0) is 151 Å². The summed E-state index contributed by atoms with van der Waals surface area (Å²) in [4.78, 5) is 69.2. The van der Waals surface area contributed by atoms with Gasteiger partial charge in [0.15, 0.2) is 11.5 Å². The van der Waals surface area contributed by atoms with Crippen molar-refractivity contribution in [2.24, 2.45) is 0 Å². The first kappa shape index (κ1) is 73.9. The van der Waals surface area contributed by atoms with Crippen molar-refractivity contribution in [2.45, 2.75) is 61.1 Å². The summed E-state index contributed by atoms with van der Waals surface area (Å²) >= 11 is 8.00. The minimum Gasteiger partial charge on any atom is -0.744 e. The van der Waals surface area contributed by atoms with E-state index in [2.05, 4.69) is 54.3 Å². The van der Waals surface area contributed by atoms with Gasteiger partial charge in [0.05, 0.1) is 55.4 Å². The number of aromatic carboxylic acids is 6. The van der Waals surface area contributed by atoms with Crippen LogP contribution >= 0.6 is 0 Å². The average Bonchev–Trinajstić information content (AvgIpc) is 3.50. The third kappa shape index (κ3) is 24.8. The average molecular weight is 1290 g/mol. The lowest BCUT2D eigenvalue weighted by Gasteiger charge is -2.15. The molecule has 456 valence electrons. The van der Waals surface area contributed by atoms with E-state index in [9.17, 15) is 111 Å². The molecule has 0 atom stereocenters. The molecule has 0 unspecified atom stereocenters. The van der Waals surface area contributed by atoms with E-state index >= 15 is 0 Å².